The van der Waals surface area contributed by atoms with Gasteiger partial charge >= 0.3 is 0 Å². The van der Waals surface area contributed by atoms with Crippen LogP contribution in [-0.2, 0) is 4.74 Å². The summed E-state index contributed by atoms with van der Waals surface area (Å²) in [5.41, 5.74) is 4.57. The summed E-state index contributed by atoms with van der Waals surface area (Å²) in [7, 11) is 0. The topological polar surface area (TPSA) is 48.9 Å². The van der Waals surface area contributed by atoms with Crippen molar-refractivity contribution >= 4 is 46.2 Å². The first-order chi connectivity index (χ1) is 11.6. The van der Waals surface area contributed by atoms with Crippen LogP contribution in [0.4, 0.5) is 0 Å². The predicted molar refractivity (Wildman–Crippen MR) is 104 cm³/mol. The molecule has 0 unspecified atom stereocenters. The molecule has 0 radical (unpaired) electrons. The van der Waals surface area contributed by atoms with Crippen LogP contribution >= 0.6 is 35.4 Å². The van der Waals surface area contributed by atoms with Crippen LogP contribution in [0.3, 0.4) is 0 Å². The van der Waals surface area contributed by atoms with Crippen molar-refractivity contribution in [3.63, 3.8) is 0 Å². The maximum absolute atomic E-state index is 6.23. The van der Waals surface area contributed by atoms with E-state index in [-0.39, 0.29) is 0 Å². The average Bonchev–Trinajstić information content (AvgIpc) is 2.58. The molecule has 8 heteroatoms. The number of hydrogen-bond acceptors (Lipinski definition) is 4. The molecule has 1 heterocycles. The minimum absolute atomic E-state index is 0.499. The summed E-state index contributed by atoms with van der Waals surface area (Å²) in [6, 6.07) is 5.37. The van der Waals surface area contributed by atoms with E-state index in [9.17, 15) is 0 Å². The summed E-state index contributed by atoms with van der Waals surface area (Å²) in [5.74, 6) is 0. The van der Waals surface area contributed by atoms with Crippen molar-refractivity contribution in [3.05, 3.63) is 33.8 Å². The molecule has 0 saturated carbocycles. The molecule has 2 rings (SSSR count). The van der Waals surface area contributed by atoms with Crippen molar-refractivity contribution in [1.82, 2.24) is 15.6 Å². The van der Waals surface area contributed by atoms with Crippen molar-refractivity contribution in [2.24, 2.45) is 5.10 Å². The molecule has 1 fully saturated rings. The second kappa shape index (κ2) is 10.2. The van der Waals surface area contributed by atoms with Gasteiger partial charge in [0.15, 0.2) is 5.11 Å². The normalized spacial score (nSPS) is 16.0. The van der Waals surface area contributed by atoms with Crippen molar-refractivity contribution in [2.45, 2.75) is 13.3 Å². The molecular formula is C16H22Cl2N4OS. The third-order valence-electron chi connectivity index (χ3n) is 3.69. The highest BCUT2D eigenvalue weighted by Crippen LogP contribution is 2.22. The highest BCUT2D eigenvalue weighted by Gasteiger charge is 2.10. The predicted octanol–water partition coefficient (Wildman–Crippen LogP) is 2.90. The average molecular weight is 389 g/mol. The Morgan fingerprint density at radius 3 is 2.75 bits per heavy atom. The van der Waals surface area contributed by atoms with Crippen LogP contribution in [0.2, 0.25) is 10.0 Å². The van der Waals surface area contributed by atoms with E-state index < -0.39 is 0 Å². The fraction of sp³-hybridized carbons (Fsp3) is 0.500. The fourth-order valence-electron chi connectivity index (χ4n) is 2.36. The molecular weight excluding hydrogens is 367 g/mol. The van der Waals surface area contributed by atoms with Gasteiger partial charge in [-0.3, -0.25) is 10.3 Å². The van der Waals surface area contributed by atoms with E-state index in [0.29, 0.717) is 15.2 Å². The van der Waals surface area contributed by atoms with Gasteiger partial charge in [-0.1, -0.05) is 36.2 Å². The molecule has 1 saturated heterocycles. The lowest BCUT2D eigenvalue weighted by Crippen LogP contribution is -2.43. The van der Waals surface area contributed by atoms with E-state index >= 15 is 0 Å². The summed E-state index contributed by atoms with van der Waals surface area (Å²) in [6.07, 6.45) is 0.727. The fourth-order valence-corrected chi connectivity index (χ4v) is 3.03. The van der Waals surface area contributed by atoms with Crippen molar-refractivity contribution in [3.8, 4) is 0 Å². The number of thiocarbonyl (C=S) groups is 1. The molecule has 0 atom stereocenters. The second-order valence-corrected chi connectivity index (χ2v) is 6.61. The Morgan fingerprint density at radius 1 is 1.33 bits per heavy atom. The minimum Gasteiger partial charge on any atom is -0.379 e. The van der Waals surface area contributed by atoms with Gasteiger partial charge in [-0.25, -0.2) is 0 Å². The molecule has 0 spiro atoms. The monoisotopic (exact) mass is 388 g/mol. The second-order valence-electron chi connectivity index (χ2n) is 5.36. The van der Waals surface area contributed by atoms with Gasteiger partial charge in [0.1, 0.15) is 0 Å². The molecule has 1 aromatic rings. The zero-order chi connectivity index (χ0) is 17.4. The van der Waals surface area contributed by atoms with Gasteiger partial charge in [0, 0.05) is 36.8 Å². The number of rotatable bonds is 6. The highest BCUT2D eigenvalue weighted by molar-refractivity contribution is 7.80. The van der Waals surface area contributed by atoms with E-state index in [1.807, 2.05) is 13.0 Å². The quantitative estimate of drug-likeness (QED) is 0.445. The molecule has 0 aliphatic carbocycles. The third-order valence-corrected chi connectivity index (χ3v) is 4.47. The number of hydrazone groups is 1. The summed E-state index contributed by atoms with van der Waals surface area (Å²) in [6.45, 7) is 7.25. The molecule has 1 aromatic carbocycles. The maximum atomic E-state index is 6.23. The van der Waals surface area contributed by atoms with Gasteiger partial charge in [-0.15, -0.1) is 0 Å². The molecule has 5 nitrogen and oxygen atoms in total. The van der Waals surface area contributed by atoms with Gasteiger partial charge in [-0.2, -0.15) is 5.10 Å². The molecule has 2 N–H and O–H groups in total. The Balaban J connectivity index is 1.82. The lowest BCUT2D eigenvalue weighted by molar-refractivity contribution is 0.0389. The summed E-state index contributed by atoms with van der Waals surface area (Å²) in [5, 5.41) is 9.21. The highest BCUT2D eigenvalue weighted by atomic mass is 35.5. The zero-order valence-electron chi connectivity index (χ0n) is 13.6. The zero-order valence-corrected chi connectivity index (χ0v) is 16.0. The number of hydrogen-bond donors (Lipinski definition) is 2. The van der Waals surface area contributed by atoms with Crippen molar-refractivity contribution in [1.29, 1.82) is 0 Å². The number of nitrogens with zero attached hydrogens (tertiary/aromatic N) is 2. The van der Waals surface area contributed by atoms with Crippen LogP contribution < -0.4 is 10.7 Å². The Kier molecular flexibility index (Phi) is 8.21. The Bertz CT molecular complexity index is 591. The van der Waals surface area contributed by atoms with Crippen molar-refractivity contribution in [2.75, 3.05) is 39.4 Å². The Morgan fingerprint density at radius 2 is 2.08 bits per heavy atom. The van der Waals surface area contributed by atoms with Crippen LogP contribution in [-0.4, -0.2) is 55.1 Å². The van der Waals surface area contributed by atoms with Crippen LogP contribution in [0.25, 0.3) is 0 Å². The first kappa shape index (κ1) is 19.4. The number of ether oxygens (including phenoxy) is 1. The third kappa shape index (κ3) is 6.18. The number of benzene rings is 1. The van der Waals surface area contributed by atoms with Gasteiger partial charge in [0.05, 0.1) is 23.9 Å². The van der Waals surface area contributed by atoms with Crippen molar-refractivity contribution < 1.29 is 4.74 Å². The standard InChI is InChI=1S/C16H22Cl2N4OS/c1-2-15(13-4-3-12(17)11-14(13)18)20-21-16(24)19-5-6-22-7-9-23-10-8-22/h3-4,11H,2,5-10H2,1H3,(H2,19,21,24)/b20-15-. The van der Waals surface area contributed by atoms with E-state index in [0.717, 1.165) is 57.1 Å². The lowest BCUT2D eigenvalue weighted by Gasteiger charge is -2.26. The molecule has 0 amide bonds. The SMILES string of the molecule is CC/C(=N/NC(=S)NCCN1CCOCC1)c1ccc(Cl)cc1Cl. The van der Waals surface area contributed by atoms with Gasteiger partial charge in [0.25, 0.3) is 0 Å². The minimum atomic E-state index is 0.499. The smallest absolute Gasteiger partial charge is 0.187 e. The summed E-state index contributed by atoms with van der Waals surface area (Å²) >= 11 is 17.4. The molecule has 1 aliphatic rings. The first-order valence-corrected chi connectivity index (χ1v) is 9.12. The molecule has 0 aromatic heterocycles. The van der Waals surface area contributed by atoms with Crippen LogP contribution in [0, 0.1) is 0 Å². The van der Waals surface area contributed by atoms with E-state index in [2.05, 4.69) is 20.7 Å². The number of morpholine rings is 1. The first-order valence-electron chi connectivity index (χ1n) is 7.96. The van der Waals surface area contributed by atoms with Gasteiger partial charge in [-0.05, 0) is 30.8 Å². The van der Waals surface area contributed by atoms with Gasteiger partial charge < -0.3 is 10.1 Å². The maximum Gasteiger partial charge on any atom is 0.187 e. The molecule has 24 heavy (non-hydrogen) atoms. The Hall–Kier alpha value is -0.920. The van der Waals surface area contributed by atoms with Crippen LogP contribution in [0.5, 0.6) is 0 Å². The van der Waals surface area contributed by atoms with Crippen LogP contribution in [0.1, 0.15) is 18.9 Å². The summed E-state index contributed by atoms with van der Waals surface area (Å²) in [4.78, 5) is 2.34. The van der Waals surface area contributed by atoms with E-state index in [1.54, 1.807) is 12.1 Å². The Labute approximate surface area is 158 Å². The van der Waals surface area contributed by atoms with E-state index in [4.69, 9.17) is 40.2 Å². The molecule has 1 aliphatic heterocycles. The number of halogens is 2. The van der Waals surface area contributed by atoms with Crippen LogP contribution in [0.15, 0.2) is 23.3 Å². The molecule has 132 valence electrons. The largest absolute Gasteiger partial charge is 0.379 e. The molecule has 0 bridgehead atoms. The summed E-state index contributed by atoms with van der Waals surface area (Å²) < 4.78 is 5.33. The van der Waals surface area contributed by atoms with E-state index in [1.165, 1.54) is 0 Å². The lowest BCUT2D eigenvalue weighted by atomic mass is 10.1. The van der Waals surface area contributed by atoms with Gasteiger partial charge in [0.2, 0.25) is 0 Å². The number of nitrogens with one attached hydrogen (secondary N) is 2.